The summed E-state index contributed by atoms with van der Waals surface area (Å²) in [6.45, 7) is 0.429. The summed E-state index contributed by atoms with van der Waals surface area (Å²) >= 11 is 0. The summed E-state index contributed by atoms with van der Waals surface area (Å²) in [5.41, 5.74) is 6.17. The van der Waals surface area contributed by atoms with Gasteiger partial charge in [0.25, 0.3) is 5.88 Å². The maximum absolute atomic E-state index is 13.1. The molecule has 22 heavy (non-hydrogen) atoms. The zero-order valence-corrected chi connectivity index (χ0v) is 11.3. The van der Waals surface area contributed by atoms with Crippen molar-refractivity contribution < 1.29 is 18.6 Å². The molecule has 0 aliphatic rings. The lowest BCUT2D eigenvalue weighted by Gasteiger charge is -2.03. The van der Waals surface area contributed by atoms with Gasteiger partial charge in [0.1, 0.15) is 20.3 Å². The van der Waals surface area contributed by atoms with Crippen LogP contribution in [0, 0.1) is 5.82 Å². The predicted molar refractivity (Wildman–Crippen MR) is 76.0 cm³/mol. The first-order valence-electron chi connectivity index (χ1n) is 6.13. The van der Waals surface area contributed by atoms with Gasteiger partial charge in [-0.15, -0.1) is 0 Å². The van der Waals surface area contributed by atoms with Crippen LogP contribution >= 0.6 is 0 Å². The number of nitrogens with zero attached hydrogens (tertiary/aromatic N) is 3. The van der Waals surface area contributed by atoms with Crippen LogP contribution in [-0.2, 0) is 4.79 Å². The van der Waals surface area contributed by atoms with Crippen LogP contribution in [0.2, 0.25) is 0 Å². The van der Waals surface area contributed by atoms with Crippen molar-refractivity contribution in [1.29, 1.82) is 0 Å². The Labute approximate surface area is 125 Å². The summed E-state index contributed by atoms with van der Waals surface area (Å²) in [5, 5.41) is 9.54. The van der Waals surface area contributed by atoms with Crippen LogP contribution in [0.15, 0.2) is 27.8 Å². The minimum atomic E-state index is -0.549. The molecule has 1 heterocycles. The van der Waals surface area contributed by atoms with Crippen LogP contribution < -0.4 is 21.3 Å². The highest BCUT2D eigenvalue weighted by Gasteiger charge is 2.15. The number of amidine groups is 1. The number of halogens is 1. The van der Waals surface area contributed by atoms with Gasteiger partial charge >= 0.3 is 0 Å². The lowest BCUT2D eigenvalue weighted by atomic mass is 9.95. The van der Waals surface area contributed by atoms with E-state index in [-0.39, 0.29) is 36.0 Å². The van der Waals surface area contributed by atoms with Gasteiger partial charge in [0.2, 0.25) is 12.1 Å². The fourth-order valence-corrected chi connectivity index (χ4v) is 1.49. The number of hydrogen-bond donors (Lipinski definition) is 2. The highest BCUT2D eigenvalue weighted by molar-refractivity contribution is 6.32. The van der Waals surface area contributed by atoms with Gasteiger partial charge in [0.05, 0.1) is 12.2 Å². The first-order valence-corrected chi connectivity index (χ1v) is 6.13. The maximum atomic E-state index is 13.1. The van der Waals surface area contributed by atoms with Gasteiger partial charge in [0, 0.05) is 0 Å². The van der Waals surface area contributed by atoms with Gasteiger partial charge < -0.3 is 15.8 Å². The van der Waals surface area contributed by atoms with Gasteiger partial charge in [-0.3, -0.25) is 4.79 Å². The number of aliphatic imine (C=N–C) groups is 1. The zero-order chi connectivity index (χ0) is 15.9. The Morgan fingerprint density at radius 1 is 1.55 bits per heavy atom. The maximum Gasteiger partial charge on any atom is 0.287 e. The number of carbonyl (C=O) groups is 1. The molecule has 1 aromatic carbocycles. The Morgan fingerprint density at radius 3 is 3.09 bits per heavy atom. The second-order valence-electron chi connectivity index (χ2n) is 4.04. The van der Waals surface area contributed by atoms with E-state index in [9.17, 15) is 9.18 Å². The van der Waals surface area contributed by atoms with Crippen molar-refractivity contribution in [2.24, 2.45) is 10.7 Å². The number of nitrogens with one attached hydrogen (secondary N) is 1. The summed E-state index contributed by atoms with van der Waals surface area (Å²) in [6, 6.07) is 3.90. The average Bonchev–Trinajstić information content (AvgIpc) is 2.96. The number of benzene rings is 1. The van der Waals surface area contributed by atoms with Gasteiger partial charge in [0.15, 0.2) is 5.84 Å². The Balaban J connectivity index is 2.13. The van der Waals surface area contributed by atoms with Gasteiger partial charge in [-0.1, -0.05) is 5.46 Å². The topological polar surface area (TPSA) is 116 Å². The summed E-state index contributed by atoms with van der Waals surface area (Å²) in [7, 11) is 5.45. The third-order valence-corrected chi connectivity index (χ3v) is 2.50. The molecule has 0 aliphatic heterocycles. The Morgan fingerprint density at radius 2 is 2.36 bits per heavy atom. The molecule has 0 saturated heterocycles. The van der Waals surface area contributed by atoms with Crippen LogP contribution in [0.3, 0.4) is 0 Å². The van der Waals surface area contributed by atoms with Gasteiger partial charge in [-0.2, -0.15) is 0 Å². The third kappa shape index (κ3) is 3.81. The summed E-state index contributed by atoms with van der Waals surface area (Å²) in [6.07, 6.45) is 0.542. The molecule has 1 amide bonds. The molecular formula is C12H11BFN5O3. The molecule has 0 spiro atoms. The second-order valence-corrected chi connectivity index (χ2v) is 4.04. The highest BCUT2D eigenvalue weighted by Crippen LogP contribution is 2.16. The normalized spacial score (nSPS) is 11.2. The van der Waals surface area contributed by atoms with Crippen LogP contribution in [-0.4, -0.2) is 43.6 Å². The fourth-order valence-electron chi connectivity index (χ4n) is 1.49. The number of nitrogens with two attached hydrogens (primary N) is 1. The first-order chi connectivity index (χ1) is 10.6. The summed E-state index contributed by atoms with van der Waals surface area (Å²) < 4.78 is 22.9. The predicted octanol–water partition coefficient (Wildman–Crippen LogP) is -0.836. The van der Waals surface area contributed by atoms with E-state index in [2.05, 4.69) is 25.3 Å². The van der Waals surface area contributed by atoms with Crippen molar-refractivity contribution in [3.8, 4) is 5.88 Å². The van der Waals surface area contributed by atoms with E-state index in [0.29, 0.717) is 12.1 Å². The van der Waals surface area contributed by atoms with Crippen molar-refractivity contribution in [2.45, 2.75) is 0 Å². The van der Waals surface area contributed by atoms with E-state index in [4.69, 9.17) is 18.3 Å². The minimum absolute atomic E-state index is 0.0315. The van der Waals surface area contributed by atoms with Crippen LogP contribution in [0.25, 0.3) is 0 Å². The van der Waals surface area contributed by atoms with Crippen LogP contribution in [0.1, 0.15) is 5.69 Å². The molecule has 8 nitrogen and oxygen atoms in total. The molecule has 0 atom stereocenters. The average molecular weight is 303 g/mol. The lowest BCUT2D eigenvalue weighted by Crippen LogP contribution is -2.21. The SMILES string of the molecule is [B]c1cc(N=C(N)c2nonc2OCCNC=O)ccc1F. The Kier molecular flexibility index (Phi) is 5.07. The van der Waals surface area contributed by atoms with E-state index in [1.807, 2.05) is 0 Å². The van der Waals surface area contributed by atoms with Crippen molar-refractivity contribution in [1.82, 2.24) is 15.6 Å². The van der Waals surface area contributed by atoms with Crippen molar-refractivity contribution in [3.05, 3.63) is 29.7 Å². The van der Waals surface area contributed by atoms with E-state index in [0.717, 1.165) is 0 Å². The van der Waals surface area contributed by atoms with Crippen LogP contribution in [0.5, 0.6) is 5.88 Å². The number of carbonyl (C=O) groups excluding carboxylic acids is 1. The molecule has 0 aliphatic carbocycles. The number of amides is 1. The van der Waals surface area contributed by atoms with Gasteiger partial charge in [-0.05, 0) is 28.5 Å². The first kappa shape index (κ1) is 15.5. The third-order valence-electron chi connectivity index (χ3n) is 2.50. The molecule has 0 saturated carbocycles. The van der Waals surface area contributed by atoms with E-state index in [1.165, 1.54) is 18.2 Å². The minimum Gasteiger partial charge on any atom is -0.472 e. The molecule has 112 valence electrons. The Hall–Kier alpha value is -2.91. The number of rotatable bonds is 7. The standard InChI is InChI=1S/C12H11BFN5O3/c13-8-5-7(1-2-9(8)14)17-11(15)10-12(19-22-18-10)21-4-3-16-6-20/h1-2,5-6H,3-4H2,(H2,15,17)(H,16,20). The molecule has 10 heteroatoms. The summed E-state index contributed by atoms with van der Waals surface area (Å²) in [5.74, 6) is -0.554. The molecule has 3 N–H and O–H groups in total. The zero-order valence-electron chi connectivity index (χ0n) is 11.3. The second kappa shape index (κ2) is 7.20. The van der Waals surface area contributed by atoms with Crippen molar-refractivity contribution in [2.75, 3.05) is 13.2 Å². The van der Waals surface area contributed by atoms with Crippen molar-refractivity contribution in [3.63, 3.8) is 0 Å². The van der Waals surface area contributed by atoms with Gasteiger partial charge in [-0.25, -0.2) is 14.0 Å². The lowest BCUT2D eigenvalue weighted by molar-refractivity contribution is -0.109. The molecule has 2 radical (unpaired) electrons. The largest absolute Gasteiger partial charge is 0.472 e. The van der Waals surface area contributed by atoms with Crippen molar-refractivity contribution >= 4 is 31.2 Å². The number of aromatic nitrogens is 2. The van der Waals surface area contributed by atoms with E-state index < -0.39 is 5.82 Å². The molecule has 0 unspecified atom stereocenters. The monoisotopic (exact) mass is 303 g/mol. The molecule has 0 bridgehead atoms. The molecule has 1 aromatic heterocycles. The van der Waals surface area contributed by atoms with E-state index in [1.54, 1.807) is 0 Å². The fraction of sp³-hybridized carbons (Fsp3) is 0.167. The smallest absolute Gasteiger partial charge is 0.287 e. The summed E-state index contributed by atoms with van der Waals surface area (Å²) in [4.78, 5) is 14.1. The highest BCUT2D eigenvalue weighted by atomic mass is 19.1. The molecule has 2 rings (SSSR count). The van der Waals surface area contributed by atoms with Crippen LogP contribution in [0.4, 0.5) is 10.1 Å². The Bertz CT molecular complexity index is 691. The number of ether oxygens (including phenoxy) is 1. The molecule has 2 aromatic rings. The molecular weight excluding hydrogens is 292 g/mol. The molecule has 0 fully saturated rings. The number of hydrogen-bond acceptors (Lipinski definition) is 6. The van der Waals surface area contributed by atoms with E-state index >= 15 is 0 Å². The quantitative estimate of drug-likeness (QED) is 0.227.